The maximum atomic E-state index is 5.64. The van der Waals surface area contributed by atoms with Crippen LogP contribution in [0.2, 0.25) is 0 Å². The molecule has 0 radical (unpaired) electrons. The van der Waals surface area contributed by atoms with Crippen molar-refractivity contribution in [1.82, 2.24) is 15.2 Å². The quantitative estimate of drug-likeness (QED) is 0.544. The third-order valence-electron chi connectivity index (χ3n) is 3.24. The summed E-state index contributed by atoms with van der Waals surface area (Å²) in [6, 6.07) is 7.87. The van der Waals surface area contributed by atoms with Crippen molar-refractivity contribution in [2.75, 3.05) is 0 Å². The number of nitrogens with zero attached hydrogens (tertiary/aromatic N) is 3. The molecule has 2 heterocycles. The molecule has 7 heteroatoms. The highest BCUT2D eigenvalue weighted by Gasteiger charge is 2.09. The molecule has 0 atom stereocenters. The standard InChI is InChI=1S/C17H19N3O2S2/c1-3-4-16-18-13(10-23-16)11-24-17-20-19-15(22-17)9-21-14-7-5-12(2)6-8-14/h5-8,10H,3-4,9,11H2,1-2H3. The highest BCUT2D eigenvalue weighted by atomic mass is 32.2. The lowest BCUT2D eigenvalue weighted by Gasteiger charge is -2.02. The molecule has 0 fully saturated rings. The molecule has 2 aromatic heterocycles. The molecule has 0 amide bonds. The van der Waals surface area contributed by atoms with Crippen LogP contribution in [0, 0.1) is 6.92 Å². The van der Waals surface area contributed by atoms with Crippen LogP contribution < -0.4 is 4.74 Å². The van der Waals surface area contributed by atoms with Gasteiger partial charge in [0.15, 0.2) is 6.61 Å². The van der Waals surface area contributed by atoms with E-state index in [1.807, 2.05) is 31.2 Å². The predicted molar refractivity (Wildman–Crippen MR) is 95.5 cm³/mol. The second kappa shape index (κ2) is 8.30. The van der Waals surface area contributed by atoms with Gasteiger partial charge >= 0.3 is 0 Å². The van der Waals surface area contributed by atoms with Crippen LogP contribution in [0.4, 0.5) is 0 Å². The Morgan fingerprint density at radius 1 is 1.21 bits per heavy atom. The van der Waals surface area contributed by atoms with Gasteiger partial charge in [-0.05, 0) is 31.9 Å². The maximum Gasteiger partial charge on any atom is 0.277 e. The summed E-state index contributed by atoms with van der Waals surface area (Å²) in [4.78, 5) is 4.59. The summed E-state index contributed by atoms with van der Waals surface area (Å²) in [5.74, 6) is 2.00. The first kappa shape index (κ1) is 17.0. The summed E-state index contributed by atoms with van der Waals surface area (Å²) in [5.41, 5.74) is 2.26. The van der Waals surface area contributed by atoms with Crippen molar-refractivity contribution in [1.29, 1.82) is 0 Å². The first-order valence-electron chi connectivity index (χ1n) is 7.81. The lowest BCUT2D eigenvalue weighted by molar-refractivity contribution is 0.252. The third-order valence-corrected chi connectivity index (χ3v) is 5.05. The van der Waals surface area contributed by atoms with Gasteiger partial charge < -0.3 is 9.15 Å². The van der Waals surface area contributed by atoms with Crippen LogP contribution in [0.3, 0.4) is 0 Å². The third kappa shape index (κ3) is 4.82. The molecule has 3 aromatic rings. The zero-order valence-electron chi connectivity index (χ0n) is 13.7. The van der Waals surface area contributed by atoms with Crippen molar-refractivity contribution in [2.24, 2.45) is 0 Å². The Bertz CT molecular complexity index is 768. The molecule has 0 N–H and O–H groups in total. The van der Waals surface area contributed by atoms with Gasteiger partial charge in [0.05, 0.1) is 10.7 Å². The number of aromatic nitrogens is 3. The first-order valence-corrected chi connectivity index (χ1v) is 9.67. The molecule has 0 bridgehead atoms. The smallest absolute Gasteiger partial charge is 0.277 e. The molecule has 126 valence electrons. The minimum Gasteiger partial charge on any atom is -0.484 e. The van der Waals surface area contributed by atoms with E-state index >= 15 is 0 Å². The number of ether oxygens (including phenoxy) is 1. The Labute approximate surface area is 149 Å². The lowest BCUT2D eigenvalue weighted by Crippen LogP contribution is -1.95. The second-order valence-electron chi connectivity index (χ2n) is 5.33. The minimum absolute atomic E-state index is 0.272. The maximum absolute atomic E-state index is 5.64. The number of thioether (sulfide) groups is 1. The highest BCUT2D eigenvalue weighted by molar-refractivity contribution is 7.98. The van der Waals surface area contributed by atoms with Crippen LogP contribution in [0.25, 0.3) is 0 Å². The monoisotopic (exact) mass is 361 g/mol. The summed E-state index contributed by atoms with van der Waals surface area (Å²) in [6.45, 7) is 4.47. The molecule has 0 aliphatic heterocycles. The minimum atomic E-state index is 0.272. The van der Waals surface area contributed by atoms with E-state index in [4.69, 9.17) is 9.15 Å². The van der Waals surface area contributed by atoms with Gasteiger partial charge in [0.25, 0.3) is 11.1 Å². The number of benzene rings is 1. The Balaban J connectivity index is 1.48. The van der Waals surface area contributed by atoms with Gasteiger partial charge in [-0.3, -0.25) is 0 Å². The topological polar surface area (TPSA) is 61.0 Å². The number of thiazole rings is 1. The van der Waals surface area contributed by atoms with E-state index in [-0.39, 0.29) is 6.61 Å². The van der Waals surface area contributed by atoms with Gasteiger partial charge in [0.1, 0.15) is 5.75 Å². The van der Waals surface area contributed by atoms with E-state index in [1.54, 1.807) is 11.3 Å². The molecule has 1 aromatic carbocycles. The molecule has 5 nitrogen and oxygen atoms in total. The summed E-state index contributed by atoms with van der Waals surface area (Å²) in [7, 11) is 0. The summed E-state index contributed by atoms with van der Waals surface area (Å²) >= 11 is 3.21. The zero-order valence-corrected chi connectivity index (χ0v) is 15.3. The van der Waals surface area contributed by atoms with Gasteiger partial charge in [0.2, 0.25) is 0 Å². The van der Waals surface area contributed by atoms with Crippen LogP contribution in [0.1, 0.15) is 35.5 Å². The molecule has 0 saturated heterocycles. The predicted octanol–water partition coefficient (Wildman–Crippen LogP) is 4.66. The van der Waals surface area contributed by atoms with Crippen LogP contribution in [0.5, 0.6) is 5.75 Å². The highest BCUT2D eigenvalue weighted by Crippen LogP contribution is 2.23. The van der Waals surface area contributed by atoms with E-state index in [9.17, 15) is 0 Å². The molecule has 0 aliphatic rings. The largest absolute Gasteiger partial charge is 0.484 e. The Hall–Kier alpha value is -1.86. The van der Waals surface area contributed by atoms with Crippen molar-refractivity contribution in [3.05, 3.63) is 51.8 Å². The molecule has 0 saturated carbocycles. The number of hydrogen-bond donors (Lipinski definition) is 0. The summed E-state index contributed by atoms with van der Waals surface area (Å²) < 4.78 is 11.2. The van der Waals surface area contributed by atoms with Crippen molar-refractivity contribution < 1.29 is 9.15 Å². The normalized spacial score (nSPS) is 10.9. The SMILES string of the molecule is CCCc1nc(CSc2nnc(COc3ccc(C)cc3)o2)cs1. The molecule has 0 aliphatic carbocycles. The molecular formula is C17H19N3O2S2. The van der Waals surface area contributed by atoms with Gasteiger partial charge in [-0.2, -0.15) is 0 Å². The van der Waals surface area contributed by atoms with E-state index in [0.29, 0.717) is 11.1 Å². The van der Waals surface area contributed by atoms with Crippen LogP contribution in [0.15, 0.2) is 39.3 Å². The number of rotatable bonds is 8. The first-order chi connectivity index (χ1) is 11.7. The average molecular weight is 361 g/mol. The fraction of sp³-hybridized carbons (Fsp3) is 0.353. The fourth-order valence-electron chi connectivity index (χ4n) is 2.01. The Morgan fingerprint density at radius 2 is 2.04 bits per heavy atom. The summed E-state index contributed by atoms with van der Waals surface area (Å²) in [6.07, 6.45) is 2.16. The average Bonchev–Trinajstić information content (AvgIpc) is 3.22. The van der Waals surface area contributed by atoms with Crippen LogP contribution >= 0.6 is 23.1 Å². The van der Waals surface area contributed by atoms with Crippen LogP contribution in [-0.2, 0) is 18.8 Å². The van der Waals surface area contributed by atoms with Crippen molar-refractivity contribution in [3.63, 3.8) is 0 Å². The van der Waals surface area contributed by atoms with Crippen molar-refractivity contribution in [2.45, 2.75) is 44.3 Å². The van der Waals surface area contributed by atoms with E-state index < -0.39 is 0 Å². The van der Waals surface area contributed by atoms with E-state index in [1.165, 1.54) is 22.3 Å². The van der Waals surface area contributed by atoms with Gasteiger partial charge in [0, 0.05) is 11.1 Å². The molecule has 24 heavy (non-hydrogen) atoms. The van der Waals surface area contributed by atoms with Crippen LogP contribution in [-0.4, -0.2) is 15.2 Å². The fourth-order valence-corrected chi connectivity index (χ4v) is 3.69. The molecular weight excluding hydrogens is 342 g/mol. The zero-order chi connectivity index (χ0) is 16.8. The summed E-state index contributed by atoms with van der Waals surface area (Å²) in [5, 5.41) is 11.9. The lowest BCUT2D eigenvalue weighted by atomic mass is 10.2. The van der Waals surface area contributed by atoms with E-state index in [2.05, 4.69) is 27.5 Å². The molecule has 0 spiro atoms. The van der Waals surface area contributed by atoms with Gasteiger partial charge in [-0.15, -0.1) is 21.5 Å². The van der Waals surface area contributed by atoms with Crippen molar-refractivity contribution >= 4 is 23.1 Å². The van der Waals surface area contributed by atoms with Crippen molar-refractivity contribution in [3.8, 4) is 5.75 Å². The Kier molecular flexibility index (Phi) is 5.87. The molecule has 0 unspecified atom stereocenters. The number of aryl methyl sites for hydroxylation is 2. The Morgan fingerprint density at radius 3 is 2.83 bits per heavy atom. The number of hydrogen-bond acceptors (Lipinski definition) is 7. The molecule has 3 rings (SSSR count). The second-order valence-corrected chi connectivity index (χ2v) is 7.20. The van der Waals surface area contributed by atoms with E-state index in [0.717, 1.165) is 30.0 Å². The van der Waals surface area contributed by atoms with Gasteiger partial charge in [-0.25, -0.2) is 4.98 Å². The van der Waals surface area contributed by atoms with Gasteiger partial charge in [-0.1, -0.05) is 36.4 Å².